The Balaban J connectivity index is 1.79. The fraction of sp³-hybridized carbons (Fsp3) is 0.185. The summed E-state index contributed by atoms with van der Waals surface area (Å²) in [6.45, 7) is 4.70. The van der Waals surface area contributed by atoms with Crippen molar-refractivity contribution >= 4 is 29.3 Å². The molecule has 6 heteroatoms. The summed E-state index contributed by atoms with van der Waals surface area (Å²) in [4.78, 5) is 12.7. The largest absolute Gasteiger partial charge is 0.490 e. The molecule has 0 fully saturated rings. The summed E-state index contributed by atoms with van der Waals surface area (Å²) >= 11 is 5.93. The highest BCUT2D eigenvalue weighted by Crippen LogP contribution is 2.30. The first kappa shape index (κ1) is 23.9. The van der Waals surface area contributed by atoms with E-state index in [9.17, 15) is 10.1 Å². The lowest BCUT2D eigenvalue weighted by atomic mass is 10.1. The number of hydrogen-bond acceptors (Lipinski definition) is 4. The Bertz CT molecular complexity index is 1180. The van der Waals surface area contributed by atoms with Crippen molar-refractivity contribution in [1.29, 1.82) is 5.26 Å². The molecule has 0 aliphatic rings. The van der Waals surface area contributed by atoms with E-state index < -0.39 is 5.91 Å². The van der Waals surface area contributed by atoms with Gasteiger partial charge in [0.25, 0.3) is 5.91 Å². The van der Waals surface area contributed by atoms with E-state index in [2.05, 4.69) is 5.32 Å². The van der Waals surface area contributed by atoms with Crippen LogP contribution in [0.2, 0.25) is 5.02 Å². The number of nitriles is 1. The highest BCUT2D eigenvalue weighted by Gasteiger charge is 2.13. The van der Waals surface area contributed by atoms with Crippen LogP contribution in [0.25, 0.3) is 6.08 Å². The summed E-state index contributed by atoms with van der Waals surface area (Å²) in [7, 11) is 0. The van der Waals surface area contributed by atoms with Crippen LogP contribution in [0.3, 0.4) is 0 Å². The molecule has 33 heavy (non-hydrogen) atoms. The van der Waals surface area contributed by atoms with Crippen LogP contribution in [0.15, 0.2) is 72.3 Å². The standard InChI is InChI=1S/C27H25ClN2O3/c1-3-21-7-5-6-8-24(21)30-27(31)22(17-29)15-20-11-14-25(26(16-20)32-4-2)33-18-19-9-12-23(28)13-10-19/h5-16H,3-4,18H2,1-2H3,(H,30,31)/b22-15+. The number of anilines is 1. The fourth-order valence-electron chi connectivity index (χ4n) is 3.20. The third kappa shape index (κ3) is 6.61. The summed E-state index contributed by atoms with van der Waals surface area (Å²) in [6, 6.07) is 22.3. The van der Waals surface area contributed by atoms with E-state index in [1.165, 1.54) is 6.08 Å². The lowest BCUT2D eigenvalue weighted by Crippen LogP contribution is -2.14. The summed E-state index contributed by atoms with van der Waals surface area (Å²) < 4.78 is 11.6. The molecule has 0 atom stereocenters. The van der Waals surface area contributed by atoms with Crippen LogP contribution in [0, 0.1) is 11.3 Å². The Morgan fingerprint density at radius 1 is 1.03 bits per heavy atom. The Kier molecular flexibility index (Phi) is 8.51. The number of halogens is 1. The van der Waals surface area contributed by atoms with E-state index in [-0.39, 0.29) is 5.57 Å². The molecule has 168 valence electrons. The molecule has 0 saturated heterocycles. The van der Waals surface area contributed by atoms with Crippen molar-refractivity contribution in [2.45, 2.75) is 26.9 Å². The van der Waals surface area contributed by atoms with Gasteiger partial charge in [0.2, 0.25) is 0 Å². The molecule has 0 radical (unpaired) electrons. The molecule has 0 heterocycles. The van der Waals surface area contributed by atoms with Crippen molar-refractivity contribution in [3.63, 3.8) is 0 Å². The third-order valence-electron chi connectivity index (χ3n) is 4.90. The molecule has 1 N–H and O–H groups in total. The molecule has 0 bridgehead atoms. The van der Waals surface area contributed by atoms with Crippen LogP contribution in [0.1, 0.15) is 30.5 Å². The zero-order chi connectivity index (χ0) is 23.6. The Morgan fingerprint density at radius 2 is 1.79 bits per heavy atom. The van der Waals surface area contributed by atoms with Gasteiger partial charge in [0.15, 0.2) is 11.5 Å². The van der Waals surface area contributed by atoms with Crippen LogP contribution in [0.4, 0.5) is 5.69 Å². The second kappa shape index (κ2) is 11.8. The molecule has 0 spiro atoms. The van der Waals surface area contributed by atoms with Gasteiger partial charge in [0, 0.05) is 10.7 Å². The summed E-state index contributed by atoms with van der Waals surface area (Å²) in [5.41, 5.74) is 3.34. The molecule has 0 aromatic heterocycles. The average Bonchev–Trinajstić information content (AvgIpc) is 2.83. The summed E-state index contributed by atoms with van der Waals surface area (Å²) in [6.07, 6.45) is 2.31. The van der Waals surface area contributed by atoms with Gasteiger partial charge in [-0.2, -0.15) is 5.26 Å². The molecular formula is C27H25ClN2O3. The van der Waals surface area contributed by atoms with Crippen LogP contribution in [0.5, 0.6) is 11.5 Å². The van der Waals surface area contributed by atoms with E-state index in [4.69, 9.17) is 21.1 Å². The second-order valence-electron chi connectivity index (χ2n) is 7.19. The van der Waals surface area contributed by atoms with Crippen molar-refractivity contribution in [3.8, 4) is 17.6 Å². The fourth-order valence-corrected chi connectivity index (χ4v) is 3.33. The maximum atomic E-state index is 12.7. The van der Waals surface area contributed by atoms with E-state index in [1.807, 2.05) is 68.4 Å². The zero-order valence-electron chi connectivity index (χ0n) is 18.6. The van der Waals surface area contributed by atoms with Gasteiger partial charge in [-0.15, -0.1) is 0 Å². The first-order valence-electron chi connectivity index (χ1n) is 10.7. The number of nitrogens with one attached hydrogen (secondary N) is 1. The SMILES string of the molecule is CCOc1cc(/C=C(\C#N)C(=O)Nc2ccccc2CC)ccc1OCc1ccc(Cl)cc1. The summed E-state index contributed by atoms with van der Waals surface area (Å²) in [5.74, 6) is 0.650. The number of aryl methyl sites for hydroxylation is 1. The Morgan fingerprint density at radius 3 is 2.48 bits per heavy atom. The van der Waals surface area contributed by atoms with Crippen molar-refractivity contribution in [2.24, 2.45) is 0 Å². The number of para-hydroxylation sites is 1. The molecule has 0 aliphatic heterocycles. The lowest BCUT2D eigenvalue weighted by Gasteiger charge is -2.13. The maximum Gasteiger partial charge on any atom is 0.266 e. The predicted molar refractivity (Wildman–Crippen MR) is 131 cm³/mol. The highest BCUT2D eigenvalue weighted by atomic mass is 35.5. The second-order valence-corrected chi connectivity index (χ2v) is 7.63. The van der Waals surface area contributed by atoms with E-state index in [0.717, 1.165) is 17.5 Å². The Labute approximate surface area is 199 Å². The number of carbonyl (C=O) groups is 1. The quantitative estimate of drug-likeness (QED) is 0.295. The molecular weight excluding hydrogens is 436 g/mol. The molecule has 0 aliphatic carbocycles. The zero-order valence-corrected chi connectivity index (χ0v) is 19.4. The number of carbonyl (C=O) groups excluding carboxylic acids is 1. The Hall–Kier alpha value is -3.75. The molecule has 3 aromatic carbocycles. The molecule has 1 amide bonds. The summed E-state index contributed by atoms with van der Waals surface area (Å²) in [5, 5.41) is 13.1. The number of ether oxygens (including phenoxy) is 2. The molecule has 5 nitrogen and oxygen atoms in total. The van der Waals surface area contributed by atoms with Crippen molar-refractivity contribution in [2.75, 3.05) is 11.9 Å². The van der Waals surface area contributed by atoms with Crippen LogP contribution >= 0.6 is 11.6 Å². The van der Waals surface area contributed by atoms with Crippen molar-refractivity contribution < 1.29 is 14.3 Å². The van der Waals surface area contributed by atoms with Gasteiger partial charge >= 0.3 is 0 Å². The maximum absolute atomic E-state index is 12.7. The number of benzene rings is 3. The molecule has 3 aromatic rings. The number of amides is 1. The van der Waals surface area contributed by atoms with Gasteiger partial charge in [0.1, 0.15) is 18.2 Å². The van der Waals surface area contributed by atoms with Gasteiger partial charge in [-0.05, 0) is 66.4 Å². The molecule has 0 unspecified atom stereocenters. The van der Waals surface area contributed by atoms with Gasteiger partial charge in [-0.3, -0.25) is 4.79 Å². The normalized spacial score (nSPS) is 10.9. The third-order valence-corrected chi connectivity index (χ3v) is 5.15. The van der Waals surface area contributed by atoms with Crippen molar-refractivity contribution in [3.05, 3.63) is 94.0 Å². The topological polar surface area (TPSA) is 71.3 Å². The van der Waals surface area contributed by atoms with Crippen LogP contribution < -0.4 is 14.8 Å². The van der Waals surface area contributed by atoms with Gasteiger partial charge in [-0.1, -0.05) is 54.9 Å². The molecule has 3 rings (SSSR count). The van der Waals surface area contributed by atoms with Gasteiger partial charge in [-0.25, -0.2) is 0 Å². The first-order chi connectivity index (χ1) is 16.0. The minimum absolute atomic E-state index is 0.00168. The number of hydrogen-bond donors (Lipinski definition) is 1. The van der Waals surface area contributed by atoms with Crippen LogP contribution in [-0.2, 0) is 17.8 Å². The first-order valence-corrected chi connectivity index (χ1v) is 11.1. The molecule has 0 saturated carbocycles. The van der Waals surface area contributed by atoms with Gasteiger partial charge in [0.05, 0.1) is 6.61 Å². The smallest absolute Gasteiger partial charge is 0.266 e. The number of nitrogens with zero attached hydrogens (tertiary/aromatic N) is 1. The predicted octanol–water partition coefficient (Wildman–Crippen LogP) is 6.43. The minimum atomic E-state index is -0.459. The monoisotopic (exact) mass is 460 g/mol. The van der Waals surface area contributed by atoms with E-state index in [1.54, 1.807) is 18.2 Å². The number of rotatable bonds is 9. The van der Waals surface area contributed by atoms with E-state index in [0.29, 0.717) is 41.0 Å². The average molecular weight is 461 g/mol. The minimum Gasteiger partial charge on any atom is -0.490 e. The lowest BCUT2D eigenvalue weighted by molar-refractivity contribution is -0.112. The van der Waals surface area contributed by atoms with E-state index >= 15 is 0 Å². The van der Waals surface area contributed by atoms with Gasteiger partial charge < -0.3 is 14.8 Å². The van der Waals surface area contributed by atoms with Crippen molar-refractivity contribution in [1.82, 2.24) is 0 Å². The highest BCUT2D eigenvalue weighted by molar-refractivity contribution is 6.30. The van der Waals surface area contributed by atoms with Crippen LogP contribution in [-0.4, -0.2) is 12.5 Å².